The van der Waals surface area contributed by atoms with Gasteiger partial charge in [0, 0.05) is 23.9 Å². The Balaban J connectivity index is 1.33. The highest BCUT2D eigenvalue weighted by molar-refractivity contribution is 7.15. The minimum Gasteiger partial charge on any atom is -0.338 e. The normalized spacial score (nSPS) is 17.6. The Morgan fingerprint density at radius 1 is 1.13 bits per heavy atom. The molecule has 0 bridgehead atoms. The summed E-state index contributed by atoms with van der Waals surface area (Å²) < 4.78 is 0. The topological polar surface area (TPSA) is 83.1 Å². The van der Waals surface area contributed by atoms with Gasteiger partial charge in [0.25, 0.3) is 0 Å². The van der Waals surface area contributed by atoms with Gasteiger partial charge in [-0.2, -0.15) is 0 Å². The molecule has 0 spiro atoms. The van der Waals surface area contributed by atoms with Crippen LogP contribution in [-0.2, 0) is 17.6 Å². The number of nitrogens with one attached hydrogen (secondary N) is 3. The van der Waals surface area contributed by atoms with E-state index >= 15 is 0 Å². The zero-order valence-corrected chi connectivity index (χ0v) is 14.1. The van der Waals surface area contributed by atoms with Crippen LogP contribution in [0.4, 0.5) is 9.93 Å². The summed E-state index contributed by atoms with van der Waals surface area (Å²) in [5.41, 5.74) is 1.13. The summed E-state index contributed by atoms with van der Waals surface area (Å²) in [6.45, 7) is 0.343. The third-order valence-corrected chi connectivity index (χ3v) is 5.49. The van der Waals surface area contributed by atoms with Gasteiger partial charge < -0.3 is 16.0 Å². The van der Waals surface area contributed by atoms with Crippen LogP contribution in [0.2, 0.25) is 0 Å². The van der Waals surface area contributed by atoms with Gasteiger partial charge in [-0.3, -0.25) is 4.79 Å². The van der Waals surface area contributed by atoms with Crippen LogP contribution in [0.15, 0.2) is 0 Å². The summed E-state index contributed by atoms with van der Waals surface area (Å²) >= 11 is 1.57. The Morgan fingerprint density at radius 3 is 2.74 bits per heavy atom. The van der Waals surface area contributed by atoms with E-state index in [1.807, 2.05) is 0 Å². The lowest BCUT2D eigenvalue weighted by molar-refractivity contribution is -0.116. The number of rotatable bonds is 5. The quantitative estimate of drug-likeness (QED) is 0.773. The molecule has 0 unspecified atom stereocenters. The zero-order valence-electron chi connectivity index (χ0n) is 13.3. The number of aromatic nitrogens is 1. The smallest absolute Gasteiger partial charge is 0.315 e. The Kier molecular flexibility index (Phi) is 5.48. The number of amides is 3. The largest absolute Gasteiger partial charge is 0.338 e. The van der Waals surface area contributed by atoms with E-state index in [1.165, 1.54) is 30.6 Å². The first kappa shape index (κ1) is 16.2. The summed E-state index contributed by atoms with van der Waals surface area (Å²) in [5.74, 6) is -0.101. The molecule has 0 radical (unpaired) electrons. The van der Waals surface area contributed by atoms with Gasteiger partial charge in [-0.05, 0) is 32.1 Å². The van der Waals surface area contributed by atoms with Crippen LogP contribution in [0.5, 0.6) is 0 Å². The molecule has 6 nitrogen and oxygen atoms in total. The van der Waals surface area contributed by atoms with E-state index in [1.54, 1.807) is 11.3 Å². The molecule has 3 N–H and O–H groups in total. The fourth-order valence-electron chi connectivity index (χ4n) is 3.20. The van der Waals surface area contributed by atoms with Crippen molar-refractivity contribution in [3.05, 3.63) is 10.6 Å². The predicted molar refractivity (Wildman–Crippen MR) is 90.8 cm³/mol. The van der Waals surface area contributed by atoms with E-state index < -0.39 is 0 Å². The molecule has 2 aliphatic rings. The first-order chi connectivity index (χ1) is 11.2. The molecule has 1 heterocycles. The number of thiazole rings is 1. The number of nitrogens with zero attached hydrogens (tertiary/aromatic N) is 1. The maximum atomic E-state index is 11.9. The lowest BCUT2D eigenvalue weighted by Crippen LogP contribution is -2.43. The average Bonchev–Trinajstić information content (AvgIpc) is 3.09. The Morgan fingerprint density at radius 2 is 1.96 bits per heavy atom. The molecule has 126 valence electrons. The van der Waals surface area contributed by atoms with E-state index in [-0.39, 0.29) is 24.4 Å². The Bertz CT molecular complexity index is 545. The van der Waals surface area contributed by atoms with Crippen molar-refractivity contribution in [2.24, 2.45) is 0 Å². The highest BCUT2D eigenvalue weighted by atomic mass is 32.1. The van der Waals surface area contributed by atoms with Gasteiger partial charge in [-0.1, -0.05) is 19.3 Å². The summed E-state index contributed by atoms with van der Waals surface area (Å²) in [6.07, 6.45) is 9.28. The second-order valence-corrected chi connectivity index (χ2v) is 7.36. The van der Waals surface area contributed by atoms with Crippen molar-refractivity contribution >= 4 is 28.4 Å². The molecule has 0 aromatic carbocycles. The number of hydrogen-bond acceptors (Lipinski definition) is 4. The van der Waals surface area contributed by atoms with Crippen LogP contribution in [0, 0.1) is 0 Å². The minimum atomic E-state index is -0.169. The molecule has 0 atom stereocenters. The summed E-state index contributed by atoms with van der Waals surface area (Å²) in [6, 6.07) is 0.119. The van der Waals surface area contributed by atoms with Gasteiger partial charge >= 0.3 is 6.03 Å². The van der Waals surface area contributed by atoms with Crippen LogP contribution in [0.3, 0.4) is 0 Å². The van der Waals surface area contributed by atoms with Gasteiger partial charge in [0.2, 0.25) is 5.91 Å². The number of anilines is 1. The Labute approximate surface area is 140 Å². The van der Waals surface area contributed by atoms with Crippen molar-refractivity contribution in [1.29, 1.82) is 0 Å². The average molecular weight is 336 g/mol. The van der Waals surface area contributed by atoms with E-state index in [9.17, 15) is 9.59 Å². The number of hydrogen-bond donors (Lipinski definition) is 3. The molecule has 0 aliphatic heterocycles. The van der Waals surface area contributed by atoms with E-state index in [4.69, 9.17) is 0 Å². The van der Waals surface area contributed by atoms with Crippen LogP contribution >= 0.6 is 11.3 Å². The molecular formula is C16H24N4O2S. The number of fused-ring (bicyclic) bond motifs is 1. The monoisotopic (exact) mass is 336 g/mol. The highest BCUT2D eigenvalue weighted by Gasteiger charge is 2.18. The third-order valence-electron chi connectivity index (χ3n) is 4.42. The summed E-state index contributed by atoms with van der Waals surface area (Å²) in [4.78, 5) is 29.4. The van der Waals surface area contributed by atoms with Crippen molar-refractivity contribution in [1.82, 2.24) is 15.6 Å². The van der Waals surface area contributed by atoms with Gasteiger partial charge in [-0.25, -0.2) is 9.78 Å². The first-order valence-corrected chi connectivity index (χ1v) is 9.35. The lowest BCUT2D eigenvalue weighted by atomic mass is 9.96. The number of carbonyl (C=O) groups is 2. The maximum Gasteiger partial charge on any atom is 0.315 e. The van der Waals surface area contributed by atoms with Gasteiger partial charge in [0.1, 0.15) is 0 Å². The van der Waals surface area contributed by atoms with E-state index in [0.29, 0.717) is 11.7 Å². The second-order valence-electron chi connectivity index (χ2n) is 6.28. The van der Waals surface area contributed by atoms with Gasteiger partial charge in [0.05, 0.1) is 5.69 Å². The molecule has 1 aromatic heterocycles. The fraction of sp³-hybridized carbons (Fsp3) is 0.688. The second kappa shape index (κ2) is 7.77. The van der Waals surface area contributed by atoms with Crippen LogP contribution < -0.4 is 16.0 Å². The zero-order chi connectivity index (χ0) is 16.1. The molecule has 3 amide bonds. The summed E-state index contributed by atoms with van der Waals surface area (Å²) in [7, 11) is 0. The predicted octanol–water partition coefficient (Wildman–Crippen LogP) is 2.59. The first-order valence-electron chi connectivity index (χ1n) is 8.53. The molecule has 23 heavy (non-hydrogen) atoms. The van der Waals surface area contributed by atoms with Gasteiger partial charge in [0.15, 0.2) is 5.13 Å². The molecular weight excluding hydrogens is 312 g/mol. The minimum absolute atomic E-state index is 0.101. The fourth-order valence-corrected chi connectivity index (χ4v) is 4.26. The lowest BCUT2D eigenvalue weighted by Gasteiger charge is -2.22. The number of aryl methyl sites for hydroxylation is 2. The van der Waals surface area contributed by atoms with Gasteiger partial charge in [-0.15, -0.1) is 11.3 Å². The molecule has 7 heteroatoms. The molecule has 1 aromatic rings. The van der Waals surface area contributed by atoms with Crippen molar-refractivity contribution < 1.29 is 9.59 Å². The molecule has 1 saturated carbocycles. The molecule has 1 fully saturated rings. The van der Waals surface area contributed by atoms with Crippen molar-refractivity contribution in [3.63, 3.8) is 0 Å². The third kappa shape index (κ3) is 4.67. The number of carbonyl (C=O) groups excluding carboxylic acids is 2. The van der Waals surface area contributed by atoms with Crippen LogP contribution in [0.1, 0.15) is 55.5 Å². The maximum absolute atomic E-state index is 11.9. The van der Waals surface area contributed by atoms with Crippen molar-refractivity contribution in [3.8, 4) is 0 Å². The van der Waals surface area contributed by atoms with Crippen LogP contribution in [-0.4, -0.2) is 29.5 Å². The molecule has 3 rings (SSSR count). The Hall–Kier alpha value is -1.63. The summed E-state index contributed by atoms with van der Waals surface area (Å²) in [5, 5.41) is 9.24. The standard InChI is InChI=1S/C16H24N4O2S/c21-14(20-16-19-12-7-4-8-13(12)23-16)9-10-17-15(22)18-11-5-2-1-3-6-11/h11H,1-10H2,(H2,17,18,22)(H,19,20,21). The van der Waals surface area contributed by atoms with Crippen LogP contribution in [0.25, 0.3) is 0 Å². The number of urea groups is 1. The molecule has 0 saturated heterocycles. The SMILES string of the molecule is O=C(CCNC(=O)NC1CCCCC1)Nc1nc2c(s1)CCC2. The highest BCUT2D eigenvalue weighted by Crippen LogP contribution is 2.30. The molecule has 2 aliphatic carbocycles. The van der Waals surface area contributed by atoms with E-state index in [0.717, 1.165) is 31.4 Å². The van der Waals surface area contributed by atoms with E-state index in [2.05, 4.69) is 20.9 Å². The van der Waals surface area contributed by atoms with Crippen molar-refractivity contribution in [2.45, 2.75) is 63.8 Å². The van der Waals surface area contributed by atoms with Crippen molar-refractivity contribution in [2.75, 3.05) is 11.9 Å².